The van der Waals surface area contributed by atoms with Crippen LogP contribution in [-0.2, 0) is 6.18 Å². The second-order valence-corrected chi connectivity index (χ2v) is 3.83. The standard InChI is InChI=1S/C13H15F3O2/c1-3-7-18-12-6-5-9(11(17)4-2)8-10(12)13(14,15)16/h5-6,8H,3-4,7H2,1-2H3. The van der Waals surface area contributed by atoms with E-state index in [0.717, 1.165) is 6.07 Å². The molecule has 1 aromatic rings. The van der Waals surface area contributed by atoms with Crippen molar-refractivity contribution in [1.29, 1.82) is 0 Å². The van der Waals surface area contributed by atoms with Gasteiger partial charge < -0.3 is 4.74 Å². The predicted molar refractivity (Wildman–Crippen MR) is 61.9 cm³/mol. The summed E-state index contributed by atoms with van der Waals surface area (Å²) in [7, 11) is 0. The molecule has 0 aliphatic carbocycles. The maximum Gasteiger partial charge on any atom is 0.419 e. The highest BCUT2D eigenvalue weighted by Gasteiger charge is 2.35. The van der Waals surface area contributed by atoms with Gasteiger partial charge in [0.25, 0.3) is 0 Å². The van der Waals surface area contributed by atoms with E-state index in [1.807, 2.05) is 6.92 Å². The van der Waals surface area contributed by atoms with Gasteiger partial charge in [0, 0.05) is 12.0 Å². The van der Waals surface area contributed by atoms with Crippen molar-refractivity contribution in [2.45, 2.75) is 32.9 Å². The maximum atomic E-state index is 12.8. The molecule has 1 aromatic carbocycles. The van der Waals surface area contributed by atoms with Crippen LogP contribution in [-0.4, -0.2) is 12.4 Å². The Bertz CT molecular complexity index is 425. The monoisotopic (exact) mass is 260 g/mol. The largest absolute Gasteiger partial charge is 0.493 e. The van der Waals surface area contributed by atoms with E-state index in [2.05, 4.69) is 0 Å². The van der Waals surface area contributed by atoms with E-state index in [1.54, 1.807) is 6.92 Å². The summed E-state index contributed by atoms with van der Waals surface area (Å²) in [6.45, 7) is 3.63. The zero-order valence-electron chi connectivity index (χ0n) is 10.3. The van der Waals surface area contributed by atoms with Crippen LogP contribution < -0.4 is 4.74 Å². The molecular formula is C13H15F3O2. The van der Waals surface area contributed by atoms with Gasteiger partial charge in [-0.3, -0.25) is 4.79 Å². The molecule has 100 valence electrons. The van der Waals surface area contributed by atoms with Crippen molar-refractivity contribution in [2.75, 3.05) is 6.61 Å². The van der Waals surface area contributed by atoms with Gasteiger partial charge in [0.2, 0.25) is 0 Å². The minimum absolute atomic E-state index is 0.0636. The first kappa shape index (κ1) is 14.5. The van der Waals surface area contributed by atoms with E-state index in [9.17, 15) is 18.0 Å². The average molecular weight is 260 g/mol. The molecule has 2 nitrogen and oxygen atoms in total. The molecule has 0 unspecified atom stereocenters. The van der Waals surface area contributed by atoms with Gasteiger partial charge in [-0.2, -0.15) is 13.2 Å². The first-order valence-electron chi connectivity index (χ1n) is 5.77. The van der Waals surface area contributed by atoms with Crippen molar-refractivity contribution in [3.05, 3.63) is 29.3 Å². The Morgan fingerprint density at radius 3 is 2.44 bits per heavy atom. The molecule has 0 amide bonds. The van der Waals surface area contributed by atoms with Gasteiger partial charge in [0.05, 0.1) is 12.2 Å². The minimum Gasteiger partial charge on any atom is -0.493 e. The van der Waals surface area contributed by atoms with E-state index in [0.29, 0.717) is 6.42 Å². The van der Waals surface area contributed by atoms with Crippen molar-refractivity contribution < 1.29 is 22.7 Å². The van der Waals surface area contributed by atoms with Crippen molar-refractivity contribution in [3.63, 3.8) is 0 Å². The number of hydrogen-bond acceptors (Lipinski definition) is 2. The normalized spacial score (nSPS) is 11.4. The molecule has 0 atom stereocenters. The molecule has 1 rings (SSSR count). The number of Topliss-reactive ketones (excluding diaryl/α,β-unsaturated/α-hetero) is 1. The Labute approximate surface area is 104 Å². The maximum absolute atomic E-state index is 12.8. The van der Waals surface area contributed by atoms with E-state index in [4.69, 9.17) is 4.74 Å². The molecule has 5 heteroatoms. The predicted octanol–water partition coefficient (Wildman–Crippen LogP) is 4.09. The molecule has 0 aliphatic heterocycles. The Hall–Kier alpha value is -1.52. The minimum atomic E-state index is -4.52. The quantitative estimate of drug-likeness (QED) is 0.745. The van der Waals surface area contributed by atoms with Crippen LogP contribution in [0.3, 0.4) is 0 Å². The van der Waals surface area contributed by atoms with Gasteiger partial charge in [-0.25, -0.2) is 0 Å². The number of carbonyl (C=O) groups is 1. The number of rotatable bonds is 5. The second-order valence-electron chi connectivity index (χ2n) is 3.83. The molecular weight excluding hydrogens is 245 g/mol. The molecule has 0 heterocycles. The zero-order chi connectivity index (χ0) is 13.8. The molecule has 0 aromatic heterocycles. The number of benzene rings is 1. The Balaban J connectivity index is 3.16. The lowest BCUT2D eigenvalue weighted by Gasteiger charge is -2.14. The molecule has 18 heavy (non-hydrogen) atoms. The topological polar surface area (TPSA) is 26.3 Å². The Morgan fingerprint density at radius 1 is 1.28 bits per heavy atom. The number of ether oxygens (including phenoxy) is 1. The number of carbonyl (C=O) groups excluding carboxylic acids is 1. The van der Waals surface area contributed by atoms with Crippen molar-refractivity contribution in [1.82, 2.24) is 0 Å². The van der Waals surface area contributed by atoms with E-state index < -0.39 is 11.7 Å². The van der Waals surface area contributed by atoms with Gasteiger partial charge >= 0.3 is 6.18 Å². The van der Waals surface area contributed by atoms with Gasteiger partial charge in [-0.15, -0.1) is 0 Å². The number of hydrogen-bond donors (Lipinski definition) is 0. The third-order valence-electron chi connectivity index (χ3n) is 2.39. The van der Waals surface area contributed by atoms with Gasteiger partial charge in [-0.05, 0) is 24.6 Å². The van der Waals surface area contributed by atoms with Crippen LogP contribution in [0.2, 0.25) is 0 Å². The molecule has 0 fully saturated rings. The molecule has 0 bridgehead atoms. The fraction of sp³-hybridized carbons (Fsp3) is 0.462. The van der Waals surface area contributed by atoms with E-state index in [1.165, 1.54) is 12.1 Å². The summed E-state index contributed by atoms with van der Waals surface area (Å²) >= 11 is 0. The first-order valence-corrected chi connectivity index (χ1v) is 5.77. The molecule has 0 aliphatic rings. The molecule has 0 N–H and O–H groups in total. The van der Waals surface area contributed by atoms with Crippen LogP contribution >= 0.6 is 0 Å². The summed E-state index contributed by atoms with van der Waals surface area (Å²) in [5.74, 6) is -0.542. The molecule has 0 saturated carbocycles. The summed E-state index contributed by atoms with van der Waals surface area (Å²) in [5, 5.41) is 0. The van der Waals surface area contributed by atoms with Crippen LogP contribution in [0.1, 0.15) is 42.6 Å². The lowest BCUT2D eigenvalue weighted by atomic mass is 10.0. The van der Waals surface area contributed by atoms with Crippen LogP contribution in [0.15, 0.2) is 18.2 Å². The number of ketones is 1. The molecule has 0 spiro atoms. The highest BCUT2D eigenvalue weighted by Crippen LogP contribution is 2.37. The van der Waals surface area contributed by atoms with Crippen molar-refractivity contribution in [3.8, 4) is 5.75 Å². The van der Waals surface area contributed by atoms with Crippen LogP contribution in [0, 0.1) is 0 Å². The van der Waals surface area contributed by atoms with Gasteiger partial charge in [0.15, 0.2) is 5.78 Å². The third kappa shape index (κ3) is 3.48. The lowest BCUT2D eigenvalue weighted by molar-refractivity contribution is -0.139. The first-order chi connectivity index (χ1) is 8.40. The van der Waals surface area contributed by atoms with Crippen LogP contribution in [0.4, 0.5) is 13.2 Å². The number of halogens is 3. The smallest absolute Gasteiger partial charge is 0.419 e. The average Bonchev–Trinajstić information content (AvgIpc) is 2.34. The van der Waals surface area contributed by atoms with Crippen LogP contribution in [0.5, 0.6) is 5.75 Å². The Morgan fingerprint density at radius 2 is 1.94 bits per heavy atom. The SMILES string of the molecule is CCCOc1ccc(C(=O)CC)cc1C(F)(F)F. The zero-order valence-corrected chi connectivity index (χ0v) is 10.3. The summed E-state index contributed by atoms with van der Waals surface area (Å²) in [4.78, 5) is 11.4. The number of alkyl halides is 3. The lowest BCUT2D eigenvalue weighted by Crippen LogP contribution is -2.11. The Kier molecular flexibility index (Phi) is 4.76. The molecule has 0 saturated heterocycles. The summed E-state index contributed by atoms with van der Waals surface area (Å²) in [5.41, 5.74) is -0.830. The fourth-order valence-corrected chi connectivity index (χ4v) is 1.47. The van der Waals surface area contributed by atoms with Gasteiger partial charge in [-0.1, -0.05) is 13.8 Å². The van der Waals surface area contributed by atoms with Crippen molar-refractivity contribution in [2.24, 2.45) is 0 Å². The summed E-state index contributed by atoms with van der Waals surface area (Å²) in [6.07, 6.45) is -3.73. The highest BCUT2D eigenvalue weighted by atomic mass is 19.4. The van der Waals surface area contributed by atoms with Crippen molar-refractivity contribution >= 4 is 5.78 Å². The van der Waals surface area contributed by atoms with Gasteiger partial charge in [0.1, 0.15) is 5.75 Å². The van der Waals surface area contributed by atoms with E-state index >= 15 is 0 Å². The third-order valence-corrected chi connectivity index (χ3v) is 2.39. The molecule has 0 radical (unpaired) electrons. The van der Waals surface area contributed by atoms with E-state index in [-0.39, 0.29) is 30.1 Å². The summed E-state index contributed by atoms with van der Waals surface area (Å²) in [6, 6.07) is 3.43. The fourth-order valence-electron chi connectivity index (χ4n) is 1.47. The second kappa shape index (κ2) is 5.89. The highest BCUT2D eigenvalue weighted by molar-refractivity contribution is 5.96. The summed E-state index contributed by atoms with van der Waals surface area (Å²) < 4.78 is 43.5. The van der Waals surface area contributed by atoms with Crippen LogP contribution in [0.25, 0.3) is 0 Å².